The van der Waals surface area contributed by atoms with E-state index < -0.39 is 0 Å². The van der Waals surface area contributed by atoms with Gasteiger partial charge in [0.15, 0.2) is 17.1 Å². The van der Waals surface area contributed by atoms with Gasteiger partial charge in [0.25, 0.3) is 5.91 Å². The second kappa shape index (κ2) is 7.61. The zero-order valence-corrected chi connectivity index (χ0v) is 15.4. The van der Waals surface area contributed by atoms with E-state index in [9.17, 15) is 4.79 Å². The summed E-state index contributed by atoms with van der Waals surface area (Å²) in [5.74, 6) is 1.11. The molecule has 4 rings (SSSR count). The highest BCUT2D eigenvalue weighted by atomic mass is 16.5. The van der Waals surface area contributed by atoms with E-state index in [1.54, 1.807) is 42.5 Å². The molecule has 1 aliphatic rings. The van der Waals surface area contributed by atoms with Gasteiger partial charge in [0.1, 0.15) is 17.7 Å². The van der Waals surface area contributed by atoms with Crippen LogP contribution in [0.1, 0.15) is 29.0 Å². The molecule has 0 atom stereocenters. The fraction of sp³-hybridized carbons (Fsp3) is 0.286. The lowest BCUT2D eigenvalue weighted by molar-refractivity contribution is 0.0561. The van der Waals surface area contributed by atoms with Crippen molar-refractivity contribution in [2.24, 2.45) is 0 Å². The van der Waals surface area contributed by atoms with Gasteiger partial charge in [0.05, 0.1) is 7.11 Å². The molecule has 3 heterocycles. The molecule has 3 aromatic rings. The summed E-state index contributed by atoms with van der Waals surface area (Å²) >= 11 is 0. The Hall–Kier alpha value is -3.53. The SMILES string of the molecule is COc1cccc2cc(C(=O)N3CCC(Oc4ncccc4C#N)CC3)oc12. The lowest BCUT2D eigenvalue weighted by Crippen LogP contribution is -2.41. The monoisotopic (exact) mass is 377 g/mol. The van der Waals surface area contributed by atoms with Crippen molar-refractivity contribution in [3.8, 4) is 17.7 Å². The smallest absolute Gasteiger partial charge is 0.289 e. The van der Waals surface area contributed by atoms with Gasteiger partial charge in [-0.2, -0.15) is 5.26 Å². The number of rotatable bonds is 4. The van der Waals surface area contributed by atoms with Crippen LogP contribution in [0, 0.1) is 11.3 Å². The Morgan fingerprint density at radius 1 is 1.29 bits per heavy atom. The fourth-order valence-corrected chi connectivity index (χ4v) is 3.36. The molecular weight excluding hydrogens is 358 g/mol. The number of hydrogen-bond acceptors (Lipinski definition) is 6. The van der Waals surface area contributed by atoms with E-state index in [1.807, 2.05) is 12.1 Å². The number of methoxy groups -OCH3 is 1. The number of nitriles is 1. The van der Waals surface area contributed by atoms with Crippen LogP contribution in [-0.4, -0.2) is 42.1 Å². The predicted octanol–water partition coefficient (Wildman–Crippen LogP) is 3.39. The van der Waals surface area contributed by atoms with Crippen LogP contribution in [0.4, 0.5) is 0 Å². The number of benzene rings is 1. The average Bonchev–Trinajstić information content (AvgIpc) is 3.18. The van der Waals surface area contributed by atoms with Crippen LogP contribution in [0.2, 0.25) is 0 Å². The third kappa shape index (κ3) is 3.37. The van der Waals surface area contributed by atoms with Crippen molar-refractivity contribution in [3.05, 3.63) is 53.9 Å². The summed E-state index contributed by atoms with van der Waals surface area (Å²) in [5.41, 5.74) is 0.989. The van der Waals surface area contributed by atoms with Crippen molar-refractivity contribution in [1.82, 2.24) is 9.88 Å². The lowest BCUT2D eigenvalue weighted by Gasteiger charge is -2.31. The first-order chi connectivity index (χ1) is 13.7. The van der Waals surface area contributed by atoms with Crippen molar-refractivity contribution in [1.29, 1.82) is 5.26 Å². The number of furan rings is 1. The maximum Gasteiger partial charge on any atom is 0.289 e. The summed E-state index contributed by atoms with van der Waals surface area (Å²) in [5, 5.41) is 9.98. The molecule has 1 fully saturated rings. The van der Waals surface area contributed by atoms with E-state index in [2.05, 4.69) is 11.1 Å². The van der Waals surface area contributed by atoms with Crippen molar-refractivity contribution >= 4 is 16.9 Å². The van der Waals surface area contributed by atoms with Gasteiger partial charge in [-0.1, -0.05) is 12.1 Å². The van der Waals surface area contributed by atoms with Crippen LogP contribution in [-0.2, 0) is 0 Å². The highest BCUT2D eigenvalue weighted by molar-refractivity contribution is 5.97. The van der Waals surface area contributed by atoms with E-state index >= 15 is 0 Å². The van der Waals surface area contributed by atoms with Crippen molar-refractivity contribution in [2.45, 2.75) is 18.9 Å². The molecule has 1 aliphatic heterocycles. The zero-order chi connectivity index (χ0) is 19.5. The first-order valence-electron chi connectivity index (χ1n) is 9.07. The van der Waals surface area contributed by atoms with Crippen molar-refractivity contribution in [3.63, 3.8) is 0 Å². The van der Waals surface area contributed by atoms with E-state index in [-0.39, 0.29) is 12.0 Å². The number of amides is 1. The largest absolute Gasteiger partial charge is 0.493 e. The molecule has 1 saturated heterocycles. The van der Waals surface area contributed by atoms with Crippen LogP contribution in [0.3, 0.4) is 0 Å². The highest BCUT2D eigenvalue weighted by Gasteiger charge is 2.27. The topological polar surface area (TPSA) is 88.6 Å². The number of ether oxygens (including phenoxy) is 2. The second-order valence-corrected chi connectivity index (χ2v) is 6.57. The molecule has 0 bridgehead atoms. The maximum absolute atomic E-state index is 12.8. The Balaban J connectivity index is 1.42. The number of nitrogens with zero attached hydrogens (tertiary/aromatic N) is 3. The van der Waals surface area contributed by atoms with Gasteiger partial charge < -0.3 is 18.8 Å². The fourth-order valence-electron chi connectivity index (χ4n) is 3.36. The molecule has 28 heavy (non-hydrogen) atoms. The highest BCUT2D eigenvalue weighted by Crippen LogP contribution is 2.29. The Bertz CT molecular complexity index is 1050. The number of carbonyl (C=O) groups is 1. The van der Waals surface area contributed by atoms with E-state index in [0.29, 0.717) is 54.5 Å². The summed E-state index contributed by atoms with van der Waals surface area (Å²) < 4.78 is 16.9. The summed E-state index contributed by atoms with van der Waals surface area (Å²) in [6.07, 6.45) is 2.85. The predicted molar refractivity (Wildman–Crippen MR) is 101 cm³/mol. The summed E-state index contributed by atoms with van der Waals surface area (Å²) in [4.78, 5) is 18.7. The zero-order valence-electron chi connectivity index (χ0n) is 15.4. The van der Waals surface area contributed by atoms with Crippen LogP contribution < -0.4 is 9.47 Å². The van der Waals surface area contributed by atoms with Gasteiger partial charge in [-0.15, -0.1) is 0 Å². The van der Waals surface area contributed by atoms with Gasteiger partial charge in [-0.05, 0) is 24.3 Å². The summed E-state index contributed by atoms with van der Waals surface area (Å²) in [7, 11) is 1.57. The molecule has 0 radical (unpaired) electrons. The molecule has 0 aliphatic carbocycles. The van der Waals surface area contributed by atoms with Crippen LogP contribution in [0.15, 0.2) is 47.0 Å². The number of carbonyl (C=O) groups excluding carboxylic acids is 1. The van der Waals surface area contributed by atoms with Gasteiger partial charge >= 0.3 is 0 Å². The number of para-hydroxylation sites is 1. The van der Waals surface area contributed by atoms with Crippen LogP contribution >= 0.6 is 0 Å². The first kappa shape index (κ1) is 17.9. The van der Waals surface area contributed by atoms with Gasteiger partial charge in [0.2, 0.25) is 5.88 Å². The average molecular weight is 377 g/mol. The minimum atomic E-state index is -0.146. The molecule has 1 aromatic carbocycles. The second-order valence-electron chi connectivity index (χ2n) is 6.57. The quantitative estimate of drug-likeness (QED) is 0.692. The number of pyridine rings is 1. The standard InChI is InChI=1S/C21H19N3O4/c1-26-17-6-2-4-14-12-18(28-19(14)17)21(25)24-10-7-16(8-11-24)27-20-15(13-22)5-3-9-23-20/h2-6,9,12,16H,7-8,10-11H2,1H3. The number of hydrogen-bond donors (Lipinski definition) is 0. The molecular formula is C21H19N3O4. The molecule has 142 valence electrons. The van der Waals surface area contributed by atoms with Gasteiger partial charge in [0, 0.05) is 37.5 Å². The third-order valence-electron chi connectivity index (χ3n) is 4.84. The minimum absolute atomic E-state index is 0.0817. The Morgan fingerprint density at radius 2 is 2.11 bits per heavy atom. The number of fused-ring (bicyclic) bond motifs is 1. The molecule has 0 spiro atoms. The van der Waals surface area contributed by atoms with Gasteiger partial charge in [-0.25, -0.2) is 4.98 Å². The summed E-state index contributed by atoms with van der Waals surface area (Å²) in [6, 6.07) is 12.8. The third-order valence-corrected chi connectivity index (χ3v) is 4.84. The maximum atomic E-state index is 12.8. The van der Waals surface area contributed by atoms with Crippen molar-refractivity contribution < 1.29 is 18.7 Å². The number of piperidine rings is 1. The van der Waals surface area contributed by atoms with Crippen LogP contribution in [0.25, 0.3) is 11.0 Å². The molecule has 7 nitrogen and oxygen atoms in total. The van der Waals surface area contributed by atoms with Gasteiger partial charge in [-0.3, -0.25) is 4.79 Å². The number of aromatic nitrogens is 1. The Morgan fingerprint density at radius 3 is 2.86 bits per heavy atom. The molecule has 7 heteroatoms. The van der Waals surface area contributed by atoms with Crippen LogP contribution in [0.5, 0.6) is 11.6 Å². The Kier molecular flexibility index (Phi) is 4.85. The molecule has 0 saturated carbocycles. The first-order valence-corrected chi connectivity index (χ1v) is 9.07. The molecule has 0 unspecified atom stereocenters. The normalized spacial score (nSPS) is 14.6. The van der Waals surface area contributed by atoms with E-state index in [4.69, 9.17) is 19.2 Å². The molecule has 1 amide bonds. The molecule has 2 aromatic heterocycles. The Labute approximate surface area is 162 Å². The minimum Gasteiger partial charge on any atom is -0.493 e. The number of likely N-dealkylation sites (tertiary alicyclic amines) is 1. The van der Waals surface area contributed by atoms with E-state index in [1.165, 1.54) is 0 Å². The van der Waals surface area contributed by atoms with Crippen molar-refractivity contribution in [2.75, 3.05) is 20.2 Å². The lowest BCUT2D eigenvalue weighted by atomic mass is 10.1. The molecule has 0 N–H and O–H groups in total. The van der Waals surface area contributed by atoms with E-state index in [0.717, 1.165) is 5.39 Å². The summed E-state index contributed by atoms with van der Waals surface area (Å²) in [6.45, 7) is 1.10.